The predicted molar refractivity (Wildman–Crippen MR) is 68.9 cm³/mol. The zero-order chi connectivity index (χ0) is 13.8. The van der Waals surface area contributed by atoms with E-state index in [1.54, 1.807) is 37.5 Å². The van der Waals surface area contributed by atoms with Crippen molar-refractivity contribution in [2.75, 3.05) is 12.4 Å². The van der Waals surface area contributed by atoms with Gasteiger partial charge in [0.25, 0.3) is 5.91 Å². The van der Waals surface area contributed by atoms with Gasteiger partial charge >= 0.3 is 0 Å². The Bertz CT molecular complexity index is 655. The third-order valence-electron chi connectivity index (χ3n) is 2.63. The van der Waals surface area contributed by atoms with E-state index in [1.807, 2.05) is 6.07 Å². The van der Waals surface area contributed by atoms with Gasteiger partial charge in [-0.2, -0.15) is 10.4 Å². The zero-order valence-corrected chi connectivity index (χ0v) is 10.5. The van der Waals surface area contributed by atoms with E-state index in [4.69, 9.17) is 10.00 Å². The Hall–Kier alpha value is -2.81. The number of aryl methyl sites for hydroxylation is 1. The first kappa shape index (κ1) is 12.6. The summed E-state index contributed by atoms with van der Waals surface area (Å²) in [4.78, 5) is 12.0. The molecule has 0 aliphatic rings. The first-order valence-electron chi connectivity index (χ1n) is 5.53. The summed E-state index contributed by atoms with van der Waals surface area (Å²) in [6, 6.07) is 8.44. The first-order valence-corrected chi connectivity index (χ1v) is 5.53. The van der Waals surface area contributed by atoms with Crippen LogP contribution in [0.25, 0.3) is 0 Å². The molecular weight excluding hydrogens is 244 g/mol. The number of rotatable bonds is 3. The van der Waals surface area contributed by atoms with Crippen LogP contribution in [-0.4, -0.2) is 22.8 Å². The maximum atomic E-state index is 12.0. The summed E-state index contributed by atoms with van der Waals surface area (Å²) in [5, 5.41) is 15.5. The van der Waals surface area contributed by atoms with E-state index in [0.29, 0.717) is 22.7 Å². The lowest BCUT2D eigenvalue weighted by molar-refractivity contribution is 0.101. The van der Waals surface area contributed by atoms with Gasteiger partial charge in [0.15, 0.2) is 0 Å². The van der Waals surface area contributed by atoms with Crippen LogP contribution in [0.3, 0.4) is 0 Å². The van der Waals surface area contributed by atoms with Crippen LogP contribution in [0.2, 0.25) is 0 Å². The van der Waals surface area contributed by atoms with E-state index >= 15 is 0 Å². The monoisotopic (exact) mass is 256 g/mol. The SMILES string of the molecule is COc1cc(C#N)ccc1NC(=O)c1ccnn1C. The molecule has 96 valence electrons. The molecule has 6 heteroatoms. The third kappa shape index (κ3) is 2.55. The van der Waals surface area contributed by atoms with E-state index in [2.05, 4.69) is 10.4 Å². The molecule has 0 spiro atoms. The highest BCUT2D eigenvalue weighted by Crippen LogP contribution is 2.25. The number of amides is 1. The summed E-state index contributed by atoms with van der Waals surface area (Å²) in [5.74, 6) is 0.151. The summed E-state index contributed by atoms with van der Waals surface area (Å²) >= 11 is 0. The van der Waals surface area contributed by atoms with Crippen molar-refractivity contribution in [2.45, 2.75) is 0 Å². The minimum Gasteiger partial charge on any atom is -0.495 e. The molecule has 6 nitrogen and oxygen atoms in total. The van der Waals surface area contributed by atoms with Crippen molar-refractivity contribution in [1.29, 1.82) is 5.26 Å². The van der Waals surface area contributed by atoms with E-state index in [1.165, 1.54) is 11.8 Å². The minimum absolute atomic E-state index is 0.289. The average molecular weight is 256 g/mol. The second kappa shape index (κ2) is 5.23. The summed E-state index contributed by atoms with van der Waals surface area (Å²) < 4.78 is 6.63. The number of methoxy groups -OCH3 is 1. The molecule has 0 radical (unpaired) electrons. The van der Waals surface area contributed by atoms with Crippen LogP contribution in [0.1, 0.15) is 16.1 Å². The van der Waals surface area contributed by atoms with Crippen LogP contribution in [0, 0.1) is 11.3 Å². The standard InChI is InChI=1S/C13H12N4O2/c1-17-11(5-6-15-17)13(18)16-10-4-3-9(8-14)7-12(10)19-2/h3-7H,1-2H3,(H,16,18). The first-order chi connectivity index (χ1) is 9.15. The number of nitrogens with one attached hydrogen (secondary N) is 1. The van der Waals surface area contributed by atoms with Crippen LogP contribution in [0.5, 0.6) is 5.75 Å². The summed E-state index contributed by atoms with van der Waals surface area (Å²) in [5.41, 5.74) is 1.41. The molecule has 1 aromatic carbocycles. The number of nitriles is 1. The Balaban J connectivity index is 2.27. The van der Waals surface area contributed by atoms with E-state index in [9.17, 15) is 4.79 Å². The minimum atomic E-state index is -0.289. The third-order valence-corrected chi connectivity index (χ3v) is 2.63. The maximum absolute atomic E-state index is 12.0. The van der Waals surface area contributed by atoms with Gasteiger partial charge in [-0.15, -0.1) is 0 Å². The predicted octanol–water partition coefficient (Wildman–Crippen LogP) is 1.55. The summed E-state index contributed by atoms with van der Waals surface area (Å²) in [7, 11) is 3.17. The molecule has 19 heavy (non-hydrogen) atoms. The quantitative estimate of drug-likeness (QED) is 0.903. The van der Waals surface area contributed by atoms with Crippen molar-refractivity contribution in [3.05, 3.63) is 41.7 Å². The highest BCUT2D eigenvalue weighted by Gasteiger charge is 2.13. The lowest BCUT2D eigenvalue weighted by Gasteiger charge is -2.10. The van der Waals surface area contributed by atoms with Crippen LogP contribution in [-0.2, 0) is 7.05 Å². The normalized spacial score (nSPS) is 9.74. The number of hydrogen-bond acceptors (Lipinski definition) is 4. The zero-order valence-electron chi connectivity index (χ0n) is 10.5. The highest BCUT2D eigenvalue weighted by atomic mass is 16.5. The number of nitrogens with zero attached hydrogens (tertiary/aromatic N) is 3. The maximum Gasteiger partial charge on any atom is 0.274 e. The largest absolute Gasteiger partial charge is 0.495 e. The number of hydrogen-bond donors (Lipinski definition) is 1. The van der Waals surface area contributed by atoms with Crippen molar-refractivity contribution < 1.29 is 9.53 Å². The number of anilines is 1. The molecule has 2 aromatic rings. The van der Waals surface area contributed by atoms with Gasteiger partial charge in [0.2, 0.25) is 0 Å². The molecule has 1 heterocycles. The molecule has 0 fully saturated rings. The van der Waals surface area contributed by atoms with E-state index < -0.39 is 0 Å². The van der Waals surface area contributed by atoms with Gasteiger partial charge < -0.3 is 10.1 Å². The van der Waals surface area contributed by atoms with Gasteiger partial charge in [0.05, 0.1) is 24.4 Å². The number of carbonyl (C=O) groups excluding carboxylic acids is 1. The van der Waals surface area contributed by atoms with E-state index in [0.717, 1.165) is 0 Å². The molecule has 0 atom stereocenters. The number of benzene rings is 1. The molecule has 0 aliphatic heterocycles. The van der Waals surface area contributed by atoms with Crippen molar-refractivity contribution in [2.24, 2.45) is 7.05 Å². The molecule has 0 aliphatic carbocycles. The second-order valence-electron chi connectivity index (χ2n) is 3.82. The Labute approximate surface area is 110 Å². The Kier molecular flexibility index (Phi) is 3.48. The molecular formula is C13H12N4O2. The molecule has 1 amide bonds. The molecule has 1 aromatic heterocycles. The van der Waals surface area contributed by atoms with Crippen LogP contribution >= 0.6 is 0 Å². The summed E-state index contributed by atoms with van der Waals surface area (Å²) in [6.45, 7) is 0. The van der Waals surface area contributed by atoms with Crippen molar-refractivity contribution in [1.82, 2.24) is 9.78 Å². The molecule has 0 saturated heterocycles. The van der Waals surface area contributed by atoms with Crippen LogP contribution in [0.4, 0.5) is 5.69 Å². The Morgan fingerprint density at radius 2 is 2.26 bits per heavy atom. The van der Waals surface area contributed by atoms with Gasteiger partial charge in [0.1, 0.15) is 11.4 Å². The van der Waals surface area contributed by atoms with Gasteiger partial charge in [-0.25, -0.2) is 0 Å². The van der Waals surface area contributed by atoms with E-state index in [-0.39, 0.29) is 5.91 Å². The van der Waals surface area contributed by atoms with Crippen molar-refractivity contribution in [3.8, 4) is 11.8 Å². The molecule has 2 rings (SSSR count). The number of ether oxygens (including phenoxy) is 1. The van der Waals surface area contributed by atoms with Crippen molar-refractivity contribution >= 4 is 11.6 Å². The number of carbonyl (C=O) groups is 1. The fourth-order valence-corrected chi connectivity index (χ4v) is 1.65. The van der Waals surface area contributed by atoms with Gasteiger partial charge in [-0.3, -0.25) is 9.48 Å². The van der Waals surface area contributed by atoms with Crippen LogP contribution < -0.4 is 10.1 Å². The lowest BCUT2D eigenvalue weighted by Crippen LogP contribution is -2.16. The molecule has 0 unspecified atom stereocenters. The topological polar surface area (TPSA) is 79.9 Å². The van der Waals surface area contributed by atoms with Crippen LogP contribution in [0.15, 0.2) is 30.5 Å². The molecule has 0 saturated carbocycles. The smallest absolute Gasteiger partial charge is 0.274 e. The number of aromatic nitrogens is 2. The fraction of sp³-hybridized carbons (Fsp3) is 0.154. The fourth-order valence-electron chi connectivity index (χ4n) is 1.65. The highest BCUT2D eigenvalue weighted by molar-refractivity contribution is 6.03. The Morgan fingerprint density at radius 1 is 1.47 bits per heavy atom. The molecule has 1 N–H and O–H groups in total. The summed E-state index contributed by atoms with van der Waals surface area (Å²) in [6.07, 6.45) is 1.55. The van der Waals surface area contributed by atoms with Gasteiger partial charge in [-0.05, 0) is 18.2 Å². The van der Waals surface area contributed by atoms with Gasteiger partial charge in [-0.1, -0.05) is 0 Å². The average Bonchev–Trinajstić information content (AvgIpc) is 2.85. The van der Waals surface area contributed by atoms with Gasteiger partial charge in [0, 0.05) is 19.3 Å². The second-order valence-corrected chi connectivity index (χ2v) is 3.82. The molecule has 0 bridgehead atoms. The van der Waals surface area contributed by atoms with Crippen molar-refractivity contribution in [3.63, 3.8) is 0 Å². The Morgan fingerprint density at radius 3 is 2.84 bits per heavy atom. The lowest BCUT2D eigenvalue weighted by atomic mass is 10.2.